The van der Waals surface area contributed by atoms with E-state index < -0.39 is 5.60 Å². The van der Waals surface area contributed by atoms with E-state index in [2.05, 4.69) is 81.6 Å². The van der Waals surface area contributed by atoms with Crippen LogP contribution in [-0.2, 0) is 66.6 Å². The number of hydrogen-bond donors (Lipinski definition) is 0. The van der Waals surface area contributed by atoms with Gasteiger partial charge < -0.3 is 31.3 Å². The monoisotopic (exact) mass is 825 g/mol. The van der Waals surface area contributed by atoms with Crippen LogP contribution in [0.5, 0.6) is 0 Å². The number of hydrogen-bond acceptors (Lipinski definition) is 10. The SMILES string of the molecule is CSc1nc2c(c(N3CCCn4nc(C(=O)N(C)C)cc4C3)n1)COC1(C2)c2c(ccc(N(Cc3ccccc3)Cc3ccccc3)c2C#N)C2CC1C2.[C-]#N.[Cu+]. The van der Waals surface area contributed by atoms with Gasteiger partial charge in [0.25, 0.3) is 5.91 Å². The van der Waals surface area contributed by atoms with Crippen LogP contribution in [0.3, 0.4) is 0 Å². The van der Waals surface area contributed by atoms with E-state index in [0.29, 0.717) is 50.2 Å². The van der Waals surface area contributed by atoms with Crippen molar-refractivity contribution in [1.29, 1.82) is 10.5 Å². The Kier molecular flexibility index (Phi) is 11.8. The molecule has 1 saturated carbocycles. The number of carbonyl (C=O) groups is 1. The third kappa shape index (κ3) is 7.30. The molecule has 2 aliphatic heterocycles. The first kappa shape index (κ1) is 40.0. The van der Waals surface area contributed by atoms with Crippen molar-refractivity contribution in [2.24, 2.45) is 5.92 Å². The Labute approximate surface area is 349 Å². The average Bonchev–Trinajstić information content (AvgIpc) is 3.51. The first-order valence-electron chi connectivity index (χ1n) is 19.1. The number of amides is 1. The van der Waals surface area contributed by atoms with Crippen molar-refractivity contribution in [3.05, 3.63) is 136 Å². The number of aryl methyl sites for hydroxylation is 1. The molecule has 3 aliphatic carbocycles. The normalized spacial score (nSPS) is 19.8. The van der Waals surface area contributed by atoms with Gasteiger partial charge in [0.15, 0.2) is 10.9 Å². The van der Waals surface area contributed by atoms with Crippen LogP contribution in [0.15, 0.2) is 84.0 Å². The average molecular weight is 827 g/mol. The summed E-state index contributed by atoms with van der Waals surface area (Å²) in [5.41, 5.74) is 9.21. The summed E-state index contributed by atoms with van der Waals surface area (Å²) in [6, 6.07) is 30.1. The van der Waals surface area contributed by atoms with Crippen LogP contribution < -0.4 is 9.80 Å². The van der Waals surface area contributed by atoms with E-state index >= 15 is 0 Å². The number of anilines is 2. The Hall–Kier alpha value is -5.17. The summed E-state index contributed by atoms with van der Waals surface area (Å²) >= 11 is 1.55. The second kappa shape index (κ2) is 16.7. The quantitative estimate of drug-likeness (QED) is 0.0689. The molecule has 294 valence electrons. The second-order valence-corrected chi connectivity index (χ2v) is 16.0. The molecular weight excluding hydrogens is 782 g/mol. The van der Waals surface area contributed by atoms with E-state index in [4.69, 9.17) is 26.5 Å². The number of thioether (sulfide) groups is 1. The van der Waals surface area contributed by atoms with Crippen LogP contribution >= 0.6 is 11.8 Å². The maximum Gasteiger partial charge on any atom is 1.00 e. The van der Waals surface area contributed by atoms with Crippen molar-refractivity contribution in [1.82, 2.24) is 24.6 Å². The Morgan fingerprint density at radius 1 is 1.00 bits per heavy atom. The van der Waals surface area contributed by atoms with Crippen LogP contribution in [0.25, 0.3) is 0 Å². The molecule has 5 aliphatic rings. The molecule has 57 heavy (non-hydrogen) atoms. The molecule has 2 bridgehead atoms. The molecule has 1 fully saturated rings. The number of benzene rings is 3. The van der Waals surface area contributed by atoms with Crippen LogP contribution in [0.4, 0.5) is 11.5 Å². The van der Waals surface area contributed by atoms with E-state index in [1.54, 1.807) is 30.8 Å². The molecule has 5 aromatic rings. The van der Waals surface area contributed by atoms with Gasteiger partial charge in [0.1, 0.15) is 17.5 Å². The zero-order valence-corrected chi connectivity index (χ0v) is 34.0. The summed E-state index contributed by atoms with van der Waals surface area (Å²) in [6.45, 7) is 8.60. The van der Waals surface area contributed by atoms with Crippen LogP contribution in [-0.4, -0.2) is 57.5 Å². The molecule has 4 heterocycles. The summed E-state index contributed by atoms with van der Waals surface area (Å²) in [5.74, 6) is 1.54. The molecule has 2 aromatic heterocycles. The van der Waals surface area contributed by atoms with E-state index in [1.807, 2.05) is 29.1 Å². The zero-order valence-electron chi connectivity index (χ0n) is 32.3. The standard InChI is InChI=1S/C43H44N8O2S.CN.Cu/c1-48(2)41(52)36-21-32-26-49(17-10-18-51(32)47-36)40-35-27-53-43(22-37(35)45-42(46-40)54-3)31-19-30(20-31)33-15-16-38(34(23-44)39(33)43)50(24-28-11-6-4-7-12-28)25-29-13-8-5-9-14-29;1-2;/h4-9,11-16,21,30-31H,10,17-20,22,24-27H2,1-3H3;;/q;-1;+1. The van der Waals surface area contributed by atoms with Gasteiger partial charge >= 0.3 is 17.1 Å². The van der Waals surface area contributed by atoms with Gasteiger partial charge in [-0.3, -0.25) is 9.48 Å². The van der Waals surface area contributed by atoms with Crippen molar-refractivity contribution in [3.8, 4) is 6.07 Å². The van der Waals surface area contributed by atoms with Gasteiger partial charge in [-0.05, 0) is 66.2 Å². The number of fused-ring (bicyclic) bond motifs is 2. The molecule has 1 atom stereocenters. The molecule has 1 amide bonds. The molecule has 0 saturated heterocycles. The number of nitriles is 1. The molecule has 10 rings (SSSR count). The molecule has 3 aromatic carbocycles. The van der Waals surface area contributed by atoms with Crippen LogP contribution in [0.2, 0.25) is 0 Å². The van der Waals surface area contributed by atoms with Gasteiger partial charge in [-0.2, -0.15) is 10.4 Å². The summed E-state index contributed by atoms with van der Waals surface area (Å²) in [4.78, 5) is 29.3. The molecule has 13 heteroatoms. The number of carbonyl (C=O) groups excluding carboxylic acids is 1. The van der Waals surface area contributed by atoms with Gasteiger partial charge in [-0.15, -0.1) is 0 Å². The number of nitrogens with zero attached hydrogens (tertiary/aromatic N) is 9. The van der Waals surface area contributed by atoms with Gasteiger partial charge in [0.05, 0.1) is 35.8 Å². The fraction of sp³-hybridized carbons (Fsp3) is 0.364. The van der Waals surface area contributed by atoms with Crippen molar-refractivity contribution in [2.75, 3.05) is 36.7 Å². The number of rotatable bonds is 8. The summed E-state index contributed by atoms with van der Waals surface area (Å²) in [6.07, 6.45) is 5.61. The summed E-state index contributed by atoms with van der Waals surface area (Å²) in [7, 11) is 3.51. The predicted octanol–water partition coefficient (Wildman–Crippen LogP) is 7.15. The summed E-state index contributed by atoms with van der Waals surface area (Å²) in [5, 5.41) is 22.8. The molecule has 1 unspecified atom stereocenters. The predicted molar refractivity (Wildman–Crippen MR) is 214 cm³/mol. The minimum Gasteiger partial charge on any atom is -0.512 e. The molecular formula is C44H44CuN9O2S. The second-order valence-electron chi connectivity index (χ2n) is 15.3. The third-order valence-electron chi connectivity index (χ3n) is 11.8. The Bertz CT molecular complexity index is 2280. The van der Waals surface area contributed by atoms with Crippen LogP contribution in [0.1, 0.15) is 80.4 Å². The topological polar surface area (TPSA) is 127 Å². The molecule has 1 spiro atoms. The fourth-order valence-electron chi connectivity index (χ4n) is 9.11. The van der Waals surface area contributed by atoms with E-state index in [1.165, 1.54) is 16.7 Å². The van der Waals surface area contributed by atoms with Crippen molar-refractivity contribution in [2.45, 2.75) is 75.1 Å². The van der Waals surface area contributed by atoms with Crippen LogP contribution in [0, 0.1) is 29.1 Å². The van der Waals surface area contributed by atoms with Gasteiger partial charge in [-0.25, -0.2) is 9.97 Å². The van der Waals surface area contributed by atoms with E-state index in [9.17, 15) is 10.1 Å². The largest absolute Gasteiger partial charge is 1.00 e. The smallest absolute Gasteiger partial charge is 0.512 e. The van der Waals surface area contributed by atoms with Gasteiger partial charge in [0.2, 0.25) is 0 Å². The number of ether oxygens (including phenoxy) is 1. The van der Waals surface area contributed by atoms with Gasteiger partial charge in [0, 0.05) is 57.8 Å². The Morgan fingerprint density at radius 2 is 1.68 bits per heavy atom. The Morgan fingerprint density at radius 3 is 2.32 bits per heavy atom. The Balaban J connectivity index is 0.00000163. The maximum atomic E-state index is 12.8. The molecule has 0 radical (unpaired) electrons. The zero-order chi connectivity index (χ0) is 39.0. The fourth-order valence-corrected chi connectivity index (χ4v) is 9.49. The van der Waals surface area contributed by atoms with E-state index in [-0.39, 0.29) is 23.0 Å². The third-order valence-corrected chi connectivity index (χ3v) is 12.4. The van der Waals surface area contributed by atoms with Crippen molar-refractivity contribution < 1.29 is 26.6 Å². The van der Waals surface area contributed by atoms with Gasteiger partial charge in [-0.1, -0.05) is 78.5 Å². The first-order chi connectivity index (χ1) is 27.3. The number of aromatic nitrogens is 4. The minimum absolute atomic E-state index is 0. The van der Waals surface area contributed by atoms with Crippen molar-refractivity contribution in [3.63, 3.8) is 0 Å². The first-order valence-corrected chi connectivity index (χ1v) is 20.3. The molecule has 11 nitrogen and oxygen atoms in total. The minimum atomic E-state index is -0.649. The maximum absolute atomic E-state index is 12.8. The summed E-state index contributed by atoms with van der Waals surface area (Å²) < 4.78 is 9.21. The molecule has 0 N–H and O–H groups in total. The van der Waals surface area contributed by atoms with Crippen molar-refractivity contribution >= 4 is 29.2 Å². The van der Waals surface area contributed by atoms with E-state index in [0.717, 1.165) is 77.1 Å².